The Morgan fingerprint density at radius 3 is 2.67 bits per heavy atom. The highest BCUT2D eigenvalue weighted by molar-refractivity contribution is 5.98. The van der Waals surface area contributed by atoms with Crippen LogP contribution in [0.5, 0.6) is 5.75 Å². The minimum Gasteiger partial charge on any atom is -0.495 e. The summed E-state index contributed by atoms with van der Waals surface area (Å²) in [6.07, 6.45) is 0.703. The summed E-state index contributed by atoms with van der Waals surface area (Å²) in [6, 6.07) is 6.74. The normalized spacial score (nSPS) is 18.1. The monoisotopic (exact) mass is 329 g/mol. The molecule has 1 N–H and O–H groups in total. The maximum atomic E-state index is 12.7. The summed E-state index contributed by atoms with van der Waals surface area (Å²) in [5.74, 6) is 0.0840. The fourth-order valence-electron chi connectivity index (χ4n) is 2.89. The number of amides is 3. The molecule has 2 rings (SSSR count). The maximum absolute atomic E-state index is 12.7. The van der Waals surface area contributed by atoms with Crippen molar-refractivity contribution in [3.8, 4) is 11.8 Å². The lowest BCUT2D eigenvalue weighted by atomic mass is 9.83. The molecule has 128 valence electrons. The molecular weight excluding hydrogens is 306 g/mol. The fraction of sp³-hybridized carbons (Fsp3) is 0.500. The quantitative estimate of drug-likeness (QED) is 0.920. The zero-order chi connectivity index (χ0) is 17.9. The Morgan fingerprint density at radius 1 is 1.38 bits per heavy atom. The average Bonchev–Trinajstić information content (AvgIpc) is 2.53. The van der Waals surface area contributed by atoms with E-state index in [0.717, 1.165) is 0 Å². The Morgan fingerprint density at radius 2 is 2.08 bits per heavy atom. The summed E-state index contributed by atoms with van der Waals surface area (Å²) in [5, 5.41) is 11.9. The van der Waals surface area contributed by atoms with Crippen molar-refractivity contribution >= 4 is 11.9 Å². The molecule has 0 aromatic heterocycles. The van der Waals surface area contributed by atoms with Crippen LogP contribution in [-0.4, -0.2) is 30.5 Å². The van der Waals surface area contributed by atoms with Gasteiger partial charge in [0.2, 0.25) is 5.91 Å². The van der Waals surface area contributed by atoms with Gasteiger partial charge < -0.3 is 10.1 Å². The minimum atomic E-state index is -0.389. The highest BCUT2D eigenvalue weighted by Gasteiger charge is 2.36. The molecule has 1 aliphatic heterocycles. The largest absolute Gasteiger partial charge is 0.495 e. The molecule has 1 aliphatic rings. The second kappa shape index (κ2) is 6.91. The van der Waals surface area contributed by atoms with Crippen molar-refractivity contribution in [2.75, 3.05) is 13.7 Å². The molecule has 1 atom stereocenters. The van der Waals surface area contributed by atoms with Gasteiger partial charge in [-0.1, -0.05) is 26.8 Å². The third kappa shape index (κ3) is 4.05. The van der Waals surface area contributed by atoms with Gasteiger partial charge in [0.15, 0.2) is 0 Å². The fourth-order valence-corrected chi connectivity index (χ4v) is 2.89. The van der Waals surface area contributed by atoms with Gasteiger partial charge in [0.1, 0.15) is 11.8 Å². The predicted octanol–water partition coefficient (Wildman–Crippen LogP) is 2.67. The van der Waals surface area contributed by atoms with Crippen LogP contribution in [0.25, 0.3) is 0 Å². The molecule has 0 bridgehead atoms. The number of carbonyl (C=O) groups is 2. The van der Waals surface area contributed by atoms with Crippen LogP contribution in [0.3, 0.4) is 0 Å². The molecule has 0 aliphatic carbocycles. The number of nitrogens with one attached hydrogen (secondary N) is 1. The number of carbonyl (C=O) groups excluding carboxylic acids is 2. The van der Waals surface area contributed by atoms with Gasteiger partial charge in [-0.25, -0.2) is 4.79 Å². The first-order chi connectivity index (χ1) is 11.2. The smallest absolute Gasteiger partial charge is 0.324 e. The molecule has 0 saturated carbocycles. The molecular formula is C18H23N3O3. The zero-order valence-electron chi connectivity index (χ0n) is 14.5. The van der Waals surface area contributed by atoms with Gasteiger partial charge in [-0.3, -0.25) is 9.69 Å². The van der Waals surface area contributed by atoms with Gasteiger partial charge in [-0.05, 0) is 29.5 Å². The van der Waals surface area contributed by atoms with E-state index in [9.17, 15) is 9.59 Å². The van der Waals surface area contributed by atoms with Crippen molar-refractivity contribution in [3.63, 3.8) is 0 Å². The van der Waals surface area contributed by atoms with E-state index < -0.39 is 0 Å². The summed E-state index contributed by atoms with van der Waals surface area (Å²) in [7, 11) is 1.49. The van der Waals surface area contributed by atoms with E-state index in [1.807, 2.05) is 0 Å². The summed E-state index contributed by atoms with van der Waals surface area (Å²) < 4.78 is 5.11. The van der Waals surface area contributed by atoms with E-state index in [1.165, 1.54) is 12.0 Å². The molecule has 24 heavy (non-hydrogen) atoms. The molecule has 6 heteroatoms. The van der Waals surface area contributed by atoms with Gasteiger partial charge >= 0.3 is 6.03 Å². The molecule has 0 radical (unpaired) electrons. The molecule has 1 unspecified atom stereocenters. The topological polar surface area (TPSA) is 82.4 Å². The van der Waals surface area contributed by atoms with Crippen LogP contribution >= 0.6 is 0 Å². The molecule has 3 amide bonds. The van der Waals surface area contributed by atoms with Crippen molar-refractivity contribution in [2.45, 2.75) is 33.7 Å². The molecule has 0 spiro atoms. The highest BCUT2D eigenvalue weighted by Crippen LogP contribution is 2.28. The number of nitrogens with zero attached hydrogens (tertiary/aromatic N) is 2. The Bertz CT molecular complexity index is 686. The Kier molecular flexibility index (Phi) is 5.13. The van der Waals surface area contributed by atoms with Gasteiger partial charge in [0.25, 0.3) is 0 Å². The van der Waals surface area contributed by atoms with E-state index in [4.69, 9.17) is 10.00 Å². The molecule has 1 saturated heterocycles. The number of hydrogen-bond donors (Lipinski definition) is 1. The first kappa shape index (κ1) is 17.8. The summed E-state index contributed by atoms with van der Waals surface area (Å²) >= 11 is 0. The number of methoxy groups -OCH3 is 1. The second-order valence-corrected chi connectivity index (χ2v) is 7.22. The summed E-state index contributed by atoms with van der Waals surface area (Å²) in [5.41, 5.74) is 1.10. The lowest BCUT2D eigenvalue weighted by molar-refractivity contribution is -0.135. The van der Waals surface area contributed by atoms with Gasteiger partial charge in [0.05, 0.1) is 25.1 Å². The summed E-state index contributed by atoms with van der Waals surface area (Å²) in [6.45, 7) is 6.73. The number of nitriles is 1. The SMILES string of the molecule is COc1ccc(CN2C(=O)NCC(CC(C)(C)C)C2=O)cc1C#N. The minimum absolute atomic E-state index is 0.00214. The van der Waals surface area contributed by atoms with E-state index in [0.29, 0.717) is 29.8 Å². The molecule has 6 nitrogen and oxygen atoms in total. The van der Waals surface area contributed by atoms with Crippen LogP contribution in [0.2, 0.25) is 0 Å². The number of ether oxygens (including phenoxy) is 1. The van der Waals surface area contributed by atoms with Crippen molar-refractivity contribution in [2.24, 2.45) is 11.3 Å². The number of imide groups is 1. The van der Waals surface area contributed by atoms with E-state index >= 15 is 0 Å². The van der Waals surface area contributed by atoms with E-state index in [1.54, 1.807) is 18.2 Å². The van der Waals surface area contributed by atoms with Crippen molar-refractivity contribution in [1.82, 2.24) is 10.2 Å². The van der Waals surface area contributed by atoms with Gasteiger partial charge in [-0.2, -0.15) is 5.26 Å². The van der Waals surface area contributed by atoms with Crippen molar-refractivity contribution in [3.05, 3.63) is 29.3 Å². The third-order valence-electron chi connectivity index (χ3n) is 3.94. The highest BCUT2D eigenvalue weighted by atomic mass is 16.5. The standard InChI is InChI=1S/C18H23N3O3/c1-18(2,3)8-14-10-20-17(23)21(16(14)22)11-12-5-6-15(24-4)13(7-12)9-19/h5-7,14H,8,10-11H2,1-4H3,(H,20,23). The average molecular weight is 329 g/mol. The second-order valence-electron chi connectivity index (χ2n) is 7.22. The number of urea groups is 1. The Balaban J connectivity index is 2.19. The third-order valence-corrected chi connectivity index (χ3v) is 3.94. The van der Waals surface area contributed by atoms with Crippen LogP contribution < -0.4 is 10.1 Å². The van der Waals surface area contributed by atoms with Crippen LogP contribution in [0, 0.1) is 22.7 Å². The molecule has 1 heterocycles. The summed E-state index contributed by atoms with van der Waals surface area (Å²) in [4.78, 5) is 26.0. The Hall–Kier alpha value is -2.55. The van der Waals surface area contributed by atoms with Crippen LogP contribution in [0.15, 0.2) is 18.2 Å². The molecule has 1 aromatic carbocycles. The first-order valence-corrected chi connectivity index (χ1v) is 7.91. The number of benzene rings is 1. The zero-order valence-corrected chi connectivity index (χ0v) is 14.5. The molecule has 1 fully saturated rings. The number of hydrogen-bond acceptors (Lipinski definition) is 4. The first-order valence-electron chi connectivity index (χ1n) is 7.91. The van der Waals surface area contributed by atoms with Gasteiger partial charge in [0, 0.05) is 6.54 Å². The lowest BCUT2D eigenvalue weighted by Crippen LogP contribution is -2.54. The molecule has 1 aromatic rings. The lowest BCUT2D eigenvalue weighted by Gasteiger charge is -2.34. The van der Waals surface area contributed by atoms with Crippen molar-refractivity contribution < 1.29 is 14.3 Å². The van der Waals surface area contributed by atoms with E-state index in [2.05, 4.69) is 32.2 Å². The van der Waals surface area contributed by atoms with Crippen LogP contribution in [0.4, 0.5) is 4.79 Å². The predicted molar refractivity (Wildman–Crippen MR) is 89.2 cm³/mol. The van der Waals surface area contributed by atoms with Crippen LogP contribution in [-0.2, 0) is 11.3 Å². The van der Waals surface area contributed by atoms with E-state index in [-0.39, 0.29) is 29.8 Å². The van der Waals surface area contributed by atoms with Crippen molar-refractivity contribution in [1.29, 1.82) is 5.26 Å². The number of rotatable bonds is 4. The van der Waals surface area contributed by atoms with Crippen LogP contribution in [0.1, 0.15) is 38.3 Å². The Labute approximate surface area is 142 Å². The maximum Gasteiger partial charge on any atom is 0.324 e. The van der Waals surface area contributed by atoms with Gasteiger partial charge in [-0.15, -0.1) is 0 Å².